The summed E-state index contributed by atoms with van der Waals surface area (Å²) >= 11 is 0. The molecule has 0 aromatic heterocycles. The molecule has 0 aliphatic carbocycles. The third kappa shape index (κ3) is 4.63. The molecule has 1 aromatic carbocycles. The summed E-state index contributed by atoms with van der Waals surface area (Å²) < 4.78 is 11.0. The fourth-order valence-electron chi connectivity index (χ4n) is 1.22. The van der Waals surface area contributed by atoms with E-state index < -0.39 is 0 Å². The minimum absolute atomic E-state index is 0.150. The van der Waals surface area contributed by atoms with Crippen molar-refractivity contribution in [3.8, 4) is 11.5 Å². The zero-order valence-corrected chi connectivity index (χ0v) is 9.93. The van der Waals surface area contributed by atoms with Gasteiger partial charge in [-0.2, -0.15) is 0 Å². The molecule has 0 aliphatic heterocycles. The molecule has 0 unspecified atom stereocenters. The summed E-state index contributed by atoms with van der Waals surface area (Å²) in [5.74, 6) is 1.54. The van der Waals surface area contributed by atoms with Crippen LogP contribution in [0.3, 0.4) is 0 Å². The van der Waals surface area contributed by atoms with Crippen molar-refractivity contribution in [2.45, 2.75) is 19.8 Å². The van der Waals surface area contributed by atoms with Crippen LogP contribution in [0.25, 0.3) is 0 Å². The fourth-order valence-corrected chi connectivity index (χ4v) is 1.22. The van der Waals surface area contributed by atoms with Crippen molar-refractivity contribution in [1.82, 2.24) is 0 Å². The summed E-state index contributed by atoms with van der Waals surface area (Å²) in [4.78, 5) is 0. The Kier molecular flexibility index (Phi) is 5.71. The summed E-state index contributed by atoms with van der Waals surface area (Å²) in [7, 11) is 0. The van der Waals surface area contributed by atoms with Crippen LogP contribution in [0.5, 0.6) is 11.5 Å². The zero-order valence-electron chi connectivity index (χ0n) is 9.93. The number of hydrogen-bond donors (Lipinski definition) is 2. The number of amidine groups is 1. The number of oxime groups is 1. The quantitative estimate of drug-likeness (QED) is 0.329. The molecule has 0 spiro atoms. The van der Waals surface area contributed by atoms with Crippen LogP contribution < -0.4 is 15.2 Å². The van der Waals surface area contributed by atoms with E-state index in [1.807, 2.05) is 31.2 Å². The summed E-state index contributed by atoms with van der Waals surface area (Å²) in [5.41, 5.74) is 5.34. The van der Waals surface area contributed by atoms with Gasteiger partial charge in [-0.3, -0.25) is 0 Å². The first-order chi connectivity index (χ1) is 8.27. The second-order valence-electron chi connectivity index (χ2n) is 3.48. The van der Waals surface area contributed by atoms with Gasteiger partial charge < -0.3 is 20.4 Å². The molecule has 0 aliphatic rings. The van der Waals surface area contributed by atoms with Gasteiger partial charge in [0.25, 0.3) is 0 Å². The van der Waals surface area contributed by atoms with Gasteiger partial charge in [0.1, 0.15) is 5.84 Å². The first-order valence-corrected chi connectivity index (χ1v) is 5.59. The fraction of sp³-hybridized carbons (Fsp3) is 0.417. The predicted octanol–water partition coefficient (Wildman–Crippen LogP) is 1.99. The van der Waals surface area contributed by atoms with Crippen LogP contribution >= 0.6 is 0 Å². The molecule has 17 heavy (non-hydrogen) atoms. The number of nitrogens with two attached hydrogens (primary N) is 1. The Hall–Kier alpha value is -1.91. The molecule has 94 valence electrons. The Labute approximate surface area is 101 Å². The lowest BCUT2D eigenvalue weighted by atomic mass is 10.3. The highest BCUT2D eigenvalue weighted by atomic mass is 16.5. The molecule has 0 bridgehead atoms. The van der Waals surface area contributed by atoms with Gasteiger partial charge in [-0.25, -0.2) is 0 Å². The number of benzene rings is 1. The van der Waals surface area contributed by atoms with Gasteiger partial charge in [0.05, 0.1) is 13.2 Å². The van der Waals surface area contributed by atoms with E-state index >= 15 is 0 Å². The molecule has 0 radical (unpaired) electrons. The Balaban J connectivity index is 2.51. The normalized spacial score (nSPS) is 11.2. The average molecular weight is 238 g/mol. The van der Waals surface area contributed by atoms with Gasteiger partial charge in [0.15, 0.2) is 11.5 Å². The van der Waals surface area contributed by atoms with Crippen LogP contribution in [-0.4, -0.2) is 24.3 Å². The molecular formula is C12H18N2O3. The molecule has 0 saturated heterocycles. The molecule has 0 fully saturated rings. The highest BCUT2D eigenvalue weighted by Gasteiger charge is 2.04. The SMILES string of the molecule is CCCOc1ccccc1OCC/C(N)=N/O. The molecule has 5 nitrogen and oxygen atoms in total. The first-order valence-electron chi connectivity index (χ1n) is 5.59. The molecular weight excluding hydrogens is 220 g/mol. The van der Waals surface area contributed by atoms with Crippen LogP contribution in [-0.2, 0) is 0 Å². The third-order valence-electron chi connectivity index (χ3n) is 2.06. The van der Waals surface area contributed by atoms with Gasteiger partial charge in [0, 0.05) is 6.42 Å². The van der Waals surface area contributed by atoms with Crippen molar-refractivity contribution in [3.05, 3.63) is 24.3 Å². The van der Waals surface area contributed by atoms with Crippen molar-refractivity contribution >= 4 is 5.84 Å². The van der Waals surface area contributed by atoms with E-state index in [4.69, 9.17) is 20.4 Å². The van der Waals surface area contributed by atoms with E-state index in [9.17, 15) is 0 Å². The van der Waals surface area contributed by atoms with E-state index in [2.05, 4.69) is 5.16 Å². The van der Waals surface area contributed by atoms with Gasteiger partial charge in [-0.15, -0.1) is 0 Å². The number of para-hydroxylation sites is 2. The van der Waals surface area contributed by atoms with Crippen LogP contribution in [0, 0.1) is 0 Å². The first kappa shape index (κ1) is 13.2. The van der Waals surface area contributed by atoms with E-state index in [-0.39, 0.29) is 5.84 Å². The maximum absolute atomic E-state index is 8.39. The van der Waals surface area contributed by atoms with E-state index in [1.165, 1.54) is 0 Å². The van der Waals surface area contributed by atoms with E-state index in [0.717, 1.165) is 6.42 Å². The minimum Gasteiger partial charge on any atom is -0.490 e. The molecule has 1 rings (SSSR count). The van der Waals surface area contributed by atoms with Crippen molar-refractivity contribution < 1.29 is 14.7 Å². The van der Waals surface area contributed by atoms with Crippen LogP contribution in [0.15, 0.2) is 29.4 Å². The molecule has 0 atom stereocenters. The smallest absolute Gasteiger partial charge is 0.161 e. The van der Waals surface area contributed by atoms with Crippen LogP contribution in [0.2, 0.25) is 0 Å². The predicted molar refractivity (Wildman–Crippen MR) is 65.7 cm³/mol. The van der Waals surface area contributed by atoms with Crippen molar-refractivity contribution in [2.75, 3.05) is 13.2 Å². The van der Waals surface area contributed by atoms with Gasteiger partial charge >= 0.3 is 0 Å². The molecule has 0 heterocycles. The number of ether oxygens (including phenoxy) is 2. The summed E-state index contributed by atoms with van der Waals surface area (Å²) in [5, 5.41) is 11.3. The van der Waals surface area contributed by atoms with Gasteiger partial charge in [0.2, 0.25) is 0 Å². The Bertz CT molecular complexity index is 367. The number of hydrogen-bond acceptors (Lipinski definition) is 4. The molecule has 0 amide bonds. The zero-order chi connectivity index (χ0) is 12.5. The lowest BCUT2D eigenvalue weighted by Gasteiger charge is -2.11. The summed E-state index contributed by atoms with van der Waals surface area (Å²) in [6, 6.07) is 7.45. The van der Waals surface area contributed by atoms with Gasteiger partial charge in [-0.05, 0) is 18.6 Å². The number of rotatable bonds is 7. The molecule has 5 heteroatoms. The molecule has 3 N–H and O–H groups in total. The van der Waals surface area contributed by atoms with Crippen LogP contribution in [0.4, 0.5) is 0 Å². The van der Waals surface area contributed by atoms with Crippen molar-refractivity contribution in [3.63, 3.8) is 0 Å². The Morgan fingerprint density at radius 3 is 2.35 bits per heavy atom. The Morgan fingerprint density at radius 2 is 1.82 bits per heavy atom. The maximum Gasteiger partial charge on any atom is 0.161 e. The number of nitrogens with zero attached hydrogens (tertiary/aromatic N) is 1. The van der Waals surface area contributed by atoms with E-state index in [1.54, 1.807) is 0 Å². The average Bonchev–Trinajstić information content (AvgIpc) is 2.37. The topological polar surface area (TPSA) is 77.1 Å². The Morgan fingerprint density at radius 1 is 1.24 bits per heavy atom. The molecule has 1 aromatic rings. The monoisotopic (exact) mass is 238 g/mol. The van der Waals surface area contributed by atoms with E-state index in [0.29, 0.717) is 31.1 Å². The standard InChI is InChI=1S/C12H18N2O3/c1-2-8-16-10-5-3-4-6-11(10)17-9-7-12(13)14-15/h3-6,15H,2,7-9H2,1H3,(H2,13,14). The highest BCUT2D eigenvalue weighted by molar-refractivity contribution is 5.79. The second kappa shape index (κ2) is 7.38. The van der Waals surface area contributed by atoms with Gasteiger partial charge in [-0.1, -0.05) is 24.2 Å². The largest absolute Gasteiger partial charge is 0.490 e. The maximum atomic E-state index is 8.39. The second-order valence-corrected chi connectivity index (χ2v) is 3.48. The summed E-state index contributed by atoms with van der Waals surface area (Å²) in [6.45, 7) is 3.05. The third-order valence-corrected chi connectivity index (χ3v) is 2.06. The van der Waals surface area contributed by atoms with Crippen molar-refractivity contribution in [2.24, 2.45) is 10.9 Å². The van der Waals surface area contributed by atoms with Crippen molar-refractivity contribution in [1.29, 1.82) is 0 Å². The lowest BCUT2D eigenvalue weighted by Crippen LogP contribution is -2.15. The minimum atomic E-state index is 0.150. The molecule has 0 saturated carbocycles. The summed E-state index contributed by atoms with van der Waals surface area (Å²) in [6.07, 6.45) is 1.32. The lowest BCUT2D eigenvalue weighted by molar-refractivity contribution is 0.270. The highest BCUT2D eigenvalue weighted by Crippen LogP contribution is 2.26. The van der Waals surface area contributed by atoms with Crippen LogP contribution in [0.1, 0.15) is 19.8 Å².